The summed E-state index contributed by atoms with van der Waals surface area (Å²) in [6, 6.07) is 5.64. The van der Waals surface area contributed by atoms with Crippen molar-refractivity contribution < 1.29 is 18.0 Å². The van der Waals surface area contributed by atoms with Crippen molar-refractivity contribution in [3.05, 3.63) is 30.0 Å². The summed E-state index contributed by atoms with van der Waals surface area (Å²) in [5.74, 6) is -0.191. The van der Waals surface area contributed by atoms with Crippen LogP contribution in [0.4, 0.5) is 18.9 Å². The lowest BCUT2D eigenvalue weighted by atomic mass is 9.95. The normalized spacial score (nSPS) is 12.7. The molecule has 0 radical (unpaired) electrons. The van der Waals surface area contributed by atoms with Crippen LogP contribution in [0.15, 0.2) is 24.3 Å². The molecule has 0 atom stereocenters. The summed E-state index contributed by atoms with van der Waals surface area (Å²) < 4.78 is 37.8. The number of halogens is 3. The van der Waals surface area contributed by atoms with Crippen molar-refractivity contribution in [2.24, 2.45) is 5.41 Å². The zero-order chi connectivity index (χ0) is 15.1. The van der Waals surface area contributed by atoms with Crippen LogP contribution in [0.25, 0.3) is 10.9 Å². The molecule has 0 fully saturated rings. The number of rotatable bonds is 1. The van der Waals surface area contributed by atoms with Gasteiger partial charge in [0.05, 0.1) is 0 Å². The van der Waals surface area contributed by atoms with Gasteiger partial charge in [-0.05, 0) is 24.3 Å². The molecule has 0 saturated carbocycles. The van der Waals surface area contributed by atoms with Gasteiger partial charge in [0.2, 0.25) is 5.91 Å². The first-order valence-electron chi connectivity index (χ1n) is 6.09. The minimum absolute atomic E-state index is 0.191. The molecule has 1 aromatic carbocycles. The molecule has 2 aromatic rings. The zero-order valence-electron chi connectivity index (χ0n) is 11.4. The summed E-state index contributed by atoms with van der Waals surface area (Å²) in [7, 11) is 0. The fourth-order valence-corrected chi connectivity index (χ4v) is 1.68. The molecule has 0 saturated heterocycles. The Balaban J connectivity index is 2.32. The van der Waals surface area contributed by atoms with E-state index in [-0.39, 0.29) is 5.91 Å². The number of nitrogens with one attached hydrogen (secondary N) is 2. The van der Waals surface area contributed by atoms with Gasteiger partial charge in [0, 0.05) is 22.0 Å². The second-order valence-electron chi connectivity index (χ2n) is 5.69. The minimum Gasteiger partial charge on any atom is -0.351 e. The molecule has 20 heavy (non-hydrogen) atoms. The highest BCUT2D eigenvalue weighted by molar-refractivity contribution is 5.96. The third kappa shape index (κ3) is 2.95. The van der Waals surface area contributed by atoms with Gasteiger partial charge in [0.1, 0.15) is 5.69 Å². The molecule has 0 aliphatic heterocycles. The Kier molecular flexibility index (Phi) is 3.28. The lowest BCUT2D eigenvalue weighted by Gasteiger charge is -2.17. The molecule has 0 aliphatic rings. The van der Waals surface area contributed by atoms with Gasteiger partial charge in [-0.15, -0.1) is 0 Å². The largest absolute Gasteiger partial charge is 0.431 e. The molecule has 1 heterocycles. The standard InChI is InChI=1S/C14H15F3N2O/c1-13(2,3)12(20)18-9-4-5-10-8(6-9)7-11(19-10)14(15,16)17/h4-7,19H,1-3H3,(H,18,20). The van der Waals surface area contributed by atoms with Crippen LogP contribution in [0.5, 0.6) is 0 Å². The number of anilines is 1. The minimum atomic E-state index is -4.41. The Morgan fingerprint density at radius 2 is 1.80 bits per heavy atom. The summed E-state index contributed by atoms with van der Waals surface area (Å²) in [4.78, 5) is 14.1. The second kappa shape index (κ2) is 4.54. The molecular formula is C14H15F3N2O. The van der Waals surface area contributed by atoms with Crippen LogP contribution in [0.3, 0.4) is 0 Å². The highest BCUT2D eigenvalue weighted by Crippen LogP contribution is 2.32. The van der Waals surface area contributed by atoms with Crippen molar-refractivity contribution in [1.82, 2.24) is 4.98 Å². The van der Waals surface area contributed by atoms with Crippen molar-refractivity contribution >= 4 is 22.5 Å². The van der Waals surface area contributed by atoms with Crippen LogP contribution >= 0.6 is 0 Å². The number of aromatic nitrogens is 1. The van der Waals surface area contributed by atoms with Crippen molar-refractivity contribution in [3.63, 3.8) is 0 Å². The molecule has 0 aliphatic carbocycles. The molecule has 0 bridgehead atoms. The number of alkyl halides is 3. The summed E-state index contributed by atoms with van der Waals surface area (Å²) in [5, 5.41) is 3.09. The molecule has 6 heteroatoms. The zero-order valence-corrected chi connectivity index (χ0v) is 11.4. The van der Waals surface area contributed by atoms with Gasteiger partial charge in [-0.2, -0.15) is 13.2 Å². The summed E-state index contributed by atoms with van der Waals surface area (Å²) in [6.45, 7) is 5.29. The molecule has 1 aromatic heterocycles. The lowest BCUT2D eigenvalue weighted by Crippen LogP contribution is -2.27. The van der Waals surface area contributed by atoms with Gasteiger partial charge in [-0.3, -0.25) is 4.79 Å². The number of hydrogen-bond acceptors (Lipinski definition) is 1. The van der Waals surface area contributed by atoms with Gasteiger partial charge in [0.15, 0.2) is 0 Å². The molecule has 1 amide bonds. The lowest BCUT2D eigenvalue weighted by molar-refractivity contribution is -0.140. The highest BCUT2D eigenvalue weighted by atomic mass is 19.4. The van der Waals surface area contributed by atoms with Gasteiger partial charge in [0.25, 0.3) is 0 Å². The first kappa shape index (κ1) is 14.4. The van der Waals surface area contributed by atoms with Gasteiger partial charge in [-0.25, -0.2) is 0 Å². The number of aromatic amines is 1. The van der Waals surface area contributed by atoms with Gasteiger partial charge < -0.3 is 10.3 Å². The predicted molar refractivity (Wildman–Crippen MR) is 71.4 cm³/mol. The van der Waals surface area contributed by atoms with E-state index in [9.17, 15) is 18.0 Å². The fourth-order valence-electron chi connectivity index (χ4n) is 1.68. The van der Waals surface area contributed by atoms with Crippen LogP contribution in [0, 0.1) is 5.41 Å². The van der Waals surface area contributed by atoms with E-state index in [0.717, 1.165) is 6.07 Å². The maximum Gasteiger partial charge on any atom is 0.431 e. The van der Waals surface area contributed by atoms with E-state index < -0.39 is 17.3 Å². The smallest absolute Gasteiger partial charge is 0.351 e. The number of fused-ring (bicyclic) bond motifs is 1. The van der Waals surface area contributed by atoms with Crippen molar-refractivity contribution in [3.8, 4) is 0 Å². The van der Waals surface area contributed by atoms with Crippen LogP contribution < -0.4 is 5.32 Å². The van der Waals surface area contributed by atoms with Crippen molar-refractivity contribution in [1.29, 1.82) is 0 Å². The number of carbonyl (C=O) groups is 1. The highest BCUT2D eigenvalue weighted by Gasteiger charge is 2.32. The van der Waals surface area contributed by atoms with E-state index in [1.54, 1.807) is 26.8 Å². The Labute approximate surface area is 114 Å². The van der Waals surface area contributed by atoms with Crippen LogP contribution in [0.2, 0.25) is 0 Å². The van der Waals surface area contributed by atoms with Crippen LogP contribution in [-0.4, -0.2) is 10.9 Å². The van der Waals surface area contributed by atoms with Crippen LogP contribution in [0.1, 0.15) is 26.5 Å². The number of amides is 1. The molecule has 3 nitrogen and oxygen atoms in total. The van der Waals surface area contributed by atoms with E-state index in [2.05, 4.69) is 10.3 Å². The third-order valence-electron chi connectivity index (χ3n) is 2.87. The quantitative estimate of drug-likeness (QED) is 0.811. The molecule has 0 spiro atoms. The topological polar surface area (TPSA) is 44.9 Å². The Bertz CT molecular complexity index is 650. The molecule has 0 unspecified atom stereocenters. The van der Waals surface area contributed by atoms with E-state index >= 15 is 0 Å². The molecule has 2 N–H and O–H groups in total. The van der Waals surface area contributed by atoms with Crippen molar-refractivity contribution in [2.45, 2.75) is 26.9 Å². The van der Waals surface area contributed by atoms with E-state index in [0.29, 0.717) is 16.6 Å². The maximum absolute atomic E-state index is 12.6. The van der Waals surface area contributed by atoms with E-state index in [4.69, 9.17) is 0 Å². The fraction of sp³-hybridized carbons (Fsp3) is 0.357. The third-order valence-corrected chi connectivity index (χ3v) is 2.87. The SMILES string of the molecule is CC(C)(C)C(=O)Nc1ccc2[nH]c(C(F)(F)F)cc2c1. The maximum atomic E-state index is 12.6. The first-order chi connectivity index (χ1) is 9.07. The van der Waals surface area contributed by atoms with E-state index in [1.807, 2.05) is 0 Å². The average Bonchev–Trinajstić information content (AvgIpc) is 2.70. The number of carbonyl (C=O) groups excluding carboxylic acids is 1. The molecule has 2 rings (SSSR count). The van der Waals surface area contributed by atoms with Crippen molar-refractivity contribution in [2.75, 3.05) is 5.32 Å². The Morgan fingerprint density at radius 1 is 1.15 bits per heavy atom. The van der Waals surface area contributed by atoms with E-state index in [1.165, 1.54) is 12.1 Å². The summed E-state index contributed by atoms with van der Waals surface area (Å²) in [5.41, 5.74) is -0.507. The molecule has 108 valence electrons. The second-order valence-corrected chi connectivity index (χ2v) is 5.69. The summed E-state index contributed by atoms with van der Waals surface area (Å²) >= 11 is 0. The Hall–Kier alpha value is -1.98. The number of benzene rings is 1. The molecular weight excluding hydrogens is 269 g/mol. The van der Waals surface area contributed by atoms with Crippen LogP contribution in [-0.2, 0) is 11.0 Å². The number of H-pyrrole nitrogens is 1. The first-order valence-corrected chi connectivity index (χ1v) is 6.09. The predicted octanol–water partition coefficient (Wildman–Crippen LogP) is 4.17. The monoisotopic (exact) mass is 284 g/mol. The number of hydrogen-bond donors (Lipinski definition) is 2. The van der Waals surface area contributed by atoms with Gasteiger partial charge in [-0.1, -0.05) is 20.8 Å². The average molecular weight is 284 g/mol. The van der Waals surface area contributed by atoms with Gasteiger partial charge >= 0.3 is 6.18 Å². The Morgan fingerprint density at radius 3 is 2.35 bits per heavy atom. The summed E-state index contributed by atoms with van der Waals surface area (Å²) in [6.07, 6.45) is -4.41.